The molecule has 1 atom stereocenters. The number of aromatic nitrogens is 1. The van der Waals surface area contributed by atoms with Gasteiger partial charge in [-0.2, -0.15) is 19.4 Å². The number of carbonyl (C=O) groups is 1. The largest absolute Gasteiger partial charge is 0.683 e. The first kappa shape index (κ1) is 23.3. The average molecular weight is 445 g/mol. The number of hydrogen-bond donors (Lipinski definition) is 2. The highest BCUT2D eigenvalue weighted by Crippen LogP contribution is 2.30. The molecule has 0 saturated heterocycles. The first-order chi connectivity index (χ1) is 14.9. The minimum atomic E-state index is -4.55. The molecule has 1 aliphatic heterocycles. The van der Waals surface area contributed by atoms with E-state index in [9.17, 15) is 18.0 Å². The van der Waals surface area contributed by atoms with Gasteiger partial charge in [-0.1, -0.05) is 30.7 Å². The van der Waals surface area contributed by atoms with Crippen molar-refractivity contribution in [1.29, 1.82) is 0 Å². The van der Waals surface area contributed by atoms with Crippen molar-refractivity contribution < 1.29 is 22.4 Å². The van der Waals surface area contributed by atoms with E-state index < -0.39 is 17.8 Å². The first-order valence-electron chi connectivity index (χ1n) is 10.1. The summed E-state index contributed by atoms with van der Waals surface area (Å²) in [5.74, 6) is -0.532. The number of amides is 1. The number of likely N-dealkylation sites (N-methyl/N-ethyl adjacent to an activating group) is 1. The number of benzene rings is 1. The highest BCUT2D eigenvalue weighted by atomic mass is 19.4. The number of pyridine rings is 1. The van der Waals surface area contributed by atoms with E-state index in [0.717, 1.165) is 28.5 Å². The topological polar surface area (TPSA) is 68.1 Å². The summed E-state index contributed by atoms with van der Waals surface area (Å²) < 4.78 is 39.5. The lowest BCUT2D eigenvalue weighted by Gasteiger charge is -2.34. The Labute approximate surface area is 185 Å². The number of nitrogens with zero attached hydrogens (tertiary/aromatic N) is 3. The van der Waals surface area contributed by atoms with Crippen LogP contribution < -0.4 is 10.6 Å². The summed E-state index contributed by atoms with van der Waals surface area (Å²) in [5, 5.41) is 10.4. The van der Waals surface area contributed by atoms with Crippen molar-refractivity contribution in [2.24, 2.45) is 0 Å². The molecule has 0 fully saturated rings. The zero-order valence-corrected chi connectivity index (χ0v) is 18.4. The third kappa shape index (κ3) is 5.88. The molecule has 32 heavy (non-hydrogen) atoms. The van der Waals surface area contributed by atoms with E-state index in [1.807, 2.05) is 13.0 Å². The number of rotatable bonds is 7. The van der Waals surface area contributed by atoms with Crippen molar-refractivity contribution in [2.45, 2.75) is 26.1 Å². The van der Waals surface area contributed by atoms with Gasteiger partial charge in [0.05, 0.1) is 19.7 Å². The van der Waals surface area contributed by atoms with Crippen molar-refractivity contribution in [3.63, 3.8) is 0 Å². The Kier molecular flexibility index (Phi) is 6.59. The van der Waals surface area contributed by atoms with Crippen LogP contribution in [0.15, 0.2) is 60.8 Å². The minimum Gasteiger partial charge on any atom is -0.683 e. The molecule has 1 aliphatic rings. The number of alkyl halides is 3. The number of halogens is 3. The Morgan fingerprint density at radius 2 is 2.00 bits per heavy atom. The third-order valence-corrected chi connectivity index (χ3v) is 4.97. The van der Waals surface area contributed by atoms with E-state index in [2.05, 4.69) is 41.2 Å². The maximum Gasteiger partial charge on any atom is 0.433 e. The normalized spacial score (nSPS) is 16.2. The van der Waals surface area contributed by atoms with Gasteiger partial charge in [-0.15, -0.1) is 0 Å². The summed E-state index contributed by atoms with van der Waals surface area (Å²) in [4.78, 5) is 15.9. The second-order valence-electron chi connectivity index (χ2n) is 8.34. The fourth-order valence-electron chi connectivity index (χ4n) is 3.40. The molecule has 0 saturated carbocycles. The lowest BCUT2D eigenvalue weighted by molar-refractivity contribution is -0.853. The summed E-state index contributed by atoms with van der Waals surface area (Å²) in [6, 6.07) is 8.20. The molecule has 0 radical (unpaired) electrons. The fourth-order valence-corrected chi connectivity index (χ4v) is 3.40. The van der Waals surface area contributed by atoms with Crippen LogP contribution in [0.2, 0.25) is 0 Å². The van der Waals surface area contributed by atoms with Gasteiger partial charge in [0.25, 0.3) is 5.91 Å². The van der Waals surface area contributed by atoms with Crippen LogP contribution in [-0.2, 0) is 6.18 Å². The zero-order valence-electron chi connectivity index (χ0n) is 18.4. The Morgan fingerprint density at radius 1 is 1.28 bits per heavy atom. The fraction of sp³-hybridized carbons (Fsp3) is 0.304. The molecule has 0 spiro atoms. The van der Waals surface area contributed by atoms with Crippen molar-refractivity contribution in [2.75, 3.05) is 26.0 Å². The van der Waals surface area contributed by atoms with Crippen LogP contribution in [0.3, 0.4) is 0 Å². The Balaban J connectivity index is 1.59. The highest BCUT2D eigenvalue weighted by Gasteiger charge is 2.34. The number of anilines is 1. The van der Waals surface area contributed by atoms with Crippen LogP contribution in [0.1, 0.15) is 40.1 Å². The number of carbonyl (C=O) groups excluding carboxylic acids is 1. The van der Waals surface area contributed by atoms with Crippen LogP contribution in [0, 0.1) is 6.92 Å². The van der Waals surface area contributed by atoms with Gasteiger partial charge in [0.1, 0.15) is 24.1 Å². The second-order valence-corrected chi connectivity index (χ2v) is 8.34. The molecule has 9 heteroatoms. The first-order valence-corrected chi connectivity index (χ1v) is 10.1. The van der Waals surface area contributed by atoms with Crippen molar-refractivity contribution >= 4 is 11.6 Å². The van der Waals surface area contributed by atoms with E-state index in [1.165, 1.54) is 13.0 Å². The molecule has 0 bridgehead atoms. The van der Waals surface area contributed by atoms with Crippen LogP contribution in [0.25, 0.3) is 5.32 Å². The second kappa shape index (κ2) is 9.04. The quantitative estimate of drug-likeness (QED) is 0.584. The molecule has 170 valence electrons. The van der Waals surface area contributed by atoms with Crippen LogP contribution >= 0.6 is 0 Å². The van der Waals surface area contributed by atoms with Gasteiger partial charge < -0.3 is 16.0 Å². The third-order valence-electron chi connectivity index (χ3n) is 4.97. The smallest absolute Gasteiger partial charge is 0.433 e. The molecule has 1 aromatic heterocycles. The van der Waals surface area contributed by atoms with Gasteiger partial charge in [0.2, 0.25) is 0 Å². The number of quaternary nitrogens is 1. The van der Waals surface area contributed by atoms with E-state index in [0.29, 0.717) is 5.69 Å². The maximum atomic E-state index is 12.9. The van der Waals surface area contributed by atoms with Crippen molar-refractivity contribution in [3.05, 3.63) is 88.5 Å². The van der Waals surface area contributed by atoms with Gasteiger partial charge in [-0.05, 0) is 36.9 Å². The van der Waals surface area contributed by atoms with E-state index >= 15 is 0 Å². The van der Waals surface area contributed by atoms with Gasteiger partial charge in [-0.3, -0.25) is 14.3 Å². The zero-order chi connectivity index (χ0) is 23.5. The SMILES string of the molecule is Cc1cc(C(=O)Nc2cccc(C(C)[N-]C=CNC3=C[N+](C)(C)C3)c2)cnc1C(F)(F)F. The van der Waals surface area contributed by atoms with Crippen molar-refractivity contribution in [3.8, 4) is 0 Å². The standard InChI is InChI=1S/C23H26F3N5O/c1-15-10-18(12-29-21(15)23(24,25)26)22(32)30-19-7-5-6-17(11-19)16(2)27-8-9-28-20-13-31(3,4)14-20/h5-13,16,28H,14H2,1-4H3,(H,30,32). The molecule has 6 nitrogen and oxygen atoms in total. The molecule has 2 aromatic rings. The molecule has 1 unspecified atom stereocenters. The predicted molar refractivity (Wildman–Crippen MR) is 117 cm³/mol. The summed E-state index contributed by atoms with van der Waals surface area (Å²) in [6.45, 7) is 4.15. The number of nitrogens with one attached hydrogen (secondary N) is 2. The Morgan fingerprint density at radius 3 is 2.62 bits per heavy atom. The van der Waals surface area contributed by atoms with E-state index in [1.54, 1.807) is 30.6 Å². The molecule has 2 N–H and O–H groups in total. The molecular formula is C23H26F3N5O. The van der Waals surface area contributed by atoms with E-state index in [-0.39, 0.29) is 17.2 Å². The lowest BCUT2D eigenvalue weighted by atomic mass is 10.1. The highest BCUT2D eigenvalue weighted by molar-refractivity contribution is 6.04. The summed E-state index contributed by atoms with van der Waals surface area (Å²) in [5.41, 5.74) is 1.51. The summed E-state index contributed by atoms with van der Waals surface area (Å²) in [6.07, 6.45) is 1.98. The molecule has 2 heterocycles. The molecule has 1 amide bonds. The number of aryl methyl sites for hydroxylation is 1. The van der Waals surface area contributed by atoms with Crippen LogP contribution in [0.5, 0.6) is 0 Å². The van der Waals surface area contributed by atoms with Crippen molar-refractivity contribution in [1.82, 2.24) is 10.3 Å². The monoisotopic (exact) mass is 445 g/mol. The van der Waals surface area contributed by atoms with Gasteiger partial charge in [0, 0.05) is 11.9 Å². The molecule has 1 aromatic carbocycles. The minimum absolute atomic E-state index is 0.0553. The Hall–Kier alpha value is -3.33. The van der Waals surface area contributed by atoms with Gasteiger partial charge in [-0.25, -0.2) is 0 Å². The molecule has 3 rings (SSSR count). The van der Waals surface area contributed by atoms with Gasteiger partial charge in [0.15, 0.2) is 0 Å². The van der Waals surface area contributed by atoms with Crippen LogP contribution in [0.4, 0.5) is 18.9 Å². The predicted octanol–water partition coefficient (Wildman–Crippen LogP) is 5.09. The summed E-state index contributed by atoms with van der Waals surface area (Å²) >= 11 is 0. The van der Waals surface area contributed by atoms with Gasteiger partial charge >= 0.3 is 6.18 Å². The number of hydrogen-bond acceptors (Lipinski definition) is 3. The maximum absolute atomic E-state index is 12.9. The van der Waals surface area contributed by atoms with Crippen LogP contribution in [-0.4, -0.2) is 36.0 Å². The molecule has 0 aliphatic carbocycles. The van der Waals surface area contributed by atoms with E-state index in [4.69, 9.17) is 0 Å². The Bertz CT molecular complexity index is 1060. The molecular weight excluding hydrogens is 419 g/mol. The lowest BCUT2D eigenvalue weighted by Crippen LogP contribution is -2.46. The summed E-state index contributed by atoms with van der Waals surface area (Å²) in [7, 11) is 4.23. The average Bonchev–Trinajstić information content (AvgIpc) is 2.68.